The normalized spacial score (nSPS) is 16.1. The molecule has 0 N–H and O–H groups in total. The average Bonchev–Trinajstić information content (AvgIpc) is 2.81. The summed E-state index contributed by atoms with van der Waals surface area (Å²) in [5.41, 5.74) is 1.07. The van der Waals surface area contributed by atoms with E-state index >= 15 is 0 Å². The minimum atomic E-state index is 0.136. The molecule has 1 aliphatic rings. The molecule has 1 aromatic carbocycles. The lowest BCUT2D eigenvalue weighted by Crippen LogP contribution is -2.25. The van der Waals surface area contributed by atoms with Crippen molar-refractivity contribution in [3.8, 4) is 0 Å². The van der Waals surface area contributed by atoms with Crippen molar-refractivity contribution in [2.24, 2.45) is 0 Å². The van der Waals surface area contributed by atoms with E-state index in [4.69, 9.17) is 0 Å². The van der Waals surface area contributed by atoms with Gasteiger partial charge in [-0.1, -0.05) is 30.3 Å². The first-order valence-electron chi connectivity index (χ1n) is 5.38. The number of hydrogen-bond donors (Lipinski definition) is 0. The highest BCUT2D eigenvalue weighted by atomic mass is 16.2. The molecule has 0 bridgehead atoms. The smallest absolute Gasteiger partial charge is 0.246 e. The van der Waals surface area contributed by atoms with Gasteiger partial charge in [-0.05, 0) is 24.5 Å². The summed E-state index contributed by atoms with van der Waals surface area (Å²) in [6.07, 6.45) is 5.83. The highest BCUT2D eigenvalue weighted by Gasteiger charge is 2.14. The van der Waals surface area contributed by atoms with Crippen molar-refractivity contribution in [3.05, 3.63) is 42.0 Å². The monoisotopic (exact) mass is 201 g/mol. The van der Waals surface area contributed by atoms with Crippen molar-refractivity contribution >= 4 is 12.0 Å². The zero-order valence-electron chi connectivity index (χ0n) is 8.73. The fraction of sp³-hybridized carbons (Fsp3) is 0.308. The molecule has 0 atom stereocenters. The molecule has 2 nitrogen and oxygen atoms in total. The molecule has 1 fully saturated rings. The van der Waals surface area contributed by atoms with Crippen LogP contribution in [0.1, 0.15) is 18.4 Å². The van der Waals surface area contributed by atoms with Crippen LogP contribution in [0.25, 0.3) is 6.08 Å². The van der Waals surface area contributed by atoms with Crippen LogP contribution in [0.4, 0.5) is 0 Å². The van der Waals surface area contributed by atoms with Crippen LogP contribution in [0.2, 0.25) is 0 Å². The van der Waals surface area contributed by atoms with Crippen LogP contribution in [0.5, 0.6) is 0 Å². The molecular formula is C13H15NO. The van der Waals surface area contributed by atoms with E-state index in [-0.39, 0.29) is 5.91 Å². The van der Waals surface area contributed by atoms with Crippen molar-refractivity contribution in [2.75, 3.05) is 13.1 Å². The summed E-state index contributed by atoms with van der Waals surface area (Å²) in [6, 6.07) is 9.90. The zero-order chi connectivity index (χ0) is 10.5. The van der Waals surface area contributed by atoms with Gasteiger partial charge in [-0.25, -0.2) is 0 Å². The Bertz CT molecular complexity index is 350. The van der Waals surface area contributed by atoms with Crippen LogP contribution in [0.15, 0.2) is 36.4 Å². The van der Waals surface area contributed by atoms with Crippen LogP contribution >= 0.6 is 0 Å². The molecule has 2 rings (SSSR count). The van der Waals surface area contributed by atoms with Gasteiger partial charge in [0.2, 0.25) is 5.91 Å². The number of amides is 1. The Morgan fingerprint density at radius 1 is 1.13 bits per heavy atom. The van der Waals surface area contributed by atoms with Gasteiger partial charge in [0.25, 0.3) is 0 Å². The molecule has 1 aliphatic heterocycles. The lowest BCUT2D eigenvalue weighted by Gasteiger charge is -2.11. The standard InChI is InChI=1S/C13H15NO/c15-13(14-10-4-5-11-14)9-8-12-6-2-1-3-7-12/h1-3,6-9H,4-5,10-11H2. The summed E-state index contributed by atoms with van der Waals surface area (Å²) in [6.45, 7) is 1.83. The van der Waals surface area contributed by atoms with Gasteiger partial charge in [0, 0.05) is 19.2 Å². The lowest BCUT2D eigenvalue weighted by molar-refractivity contribution is -0.124. The van der Waals surface area contributed by atoms with Gasteiger partial charge in [-0.3, -0.25) is 4.79 Å². The Balaban J connectivity index is 1.96. The van der Waals surface area contributed by atoms with Crippen LogP contribution in [-0.4, -0.2) is 23.9 Å². The summed E-state index contributed by atoms with van der Waals surface area (Å²) in [5.74, 6) is 0.136. The van der Waals surface area contributed by atoms with E-state index in [1.54, 1.807) is 6.08 Å². The molecule has 0 spiro atoms. The number of nitrogens with zero attached hydrogens (tertiary/aromatic N) is 1. The predicted molar refractivity (Wildman–Crippen MR) is 61.3 cm³/mol. The van der Waals surface area contributed by atoms with Crippen molar-refractivity contribution in [3.63, 3.8) is 0 Å². The SMILES string of the molecule is O=C(C=Cc1ccccc1)N1CCCC1. The molecule has 1 aromatic rings. The van der Waals surface area contributed by atoms with Crippen molar-refractivity contribution in [1.82, 2.24) is 4.90 Å². The minimum absolute atomic E-state index is 0.136. The molecule has 0 saturated carbocycles. The zero-order valence-corrected chi connectivity index (χ0v) is 8.73. The van der Waals surface area contributed by atoms with Crippen LogP contribution in [0.3, 0.4) is 0 Å². The maximum Gasteiger partial charge on any atom is 0.246 e. The molecule has 0 aromatic heterocycles. The summed E-state index contributed by atoms with van der Waals surface area (Å²) in [5, 5.41) is 0. The average molecular weight is 201 g/mol. The van der Waals surface area contributed by atoms with Gasteiger partial charge >= 0.3 is 0 Å². The van der Waals surface area contributed by atoms with Gasteiger partial charge in [0.1, 0.15) is 0 Å². The van der Waals surface area contributed by atoms with Gasteiger partial charge in [0.05, 0.1) is 0 Å². The number of benzene rings is 1. The van der Waals surface area contributed by atoms with Gasteiger partial charge in [-0.2, -0.15) is 0 Å². The van der Waals surface area contributed by atoms with Crippen molar-refractivity contribution in [1.29, 1.82) is 0 Å². The number of hydrogen-bond acceptors (Lipinski definition) is 1. The second kappa shape index (κ2) is 4.78. The molecule has 15 heavy (non-hydrogen) atoms. The number of carbonyl (C=O) groups excluding carboxylic acids is 1. The van der Waals surface area contributed by atoms with E-state index in [0.29, 0.717) is 0 Å². The summed E-state index contributed by atoms with van der Waals surface area (Å²) in [7, 11) is 0. The highest BCUT2D eigenvalue weighted by Crippen LogP contribution is 2.09. The second-order valence-electron chi connectivity index (χ2n) is 3.78. The summed E-state index contributed by atoms with van der Waals surface area (Å²) < 4.78 is 0. The fourth-order valence-corrected chi connectivity index (χ4v) is 1.77. The van der Waals surface area contributed by atoms with Crippen LogP contribution in [-0.2, 0) is 4.79 Å². The first-order chi connectivity index (χ1) is 7.36. The molecule has 2 heteroatoms. The van der Waals surface area contributed by atoms with Gasteiger partial charge < -0.3 is 4.90 Å². The van der Waals surface area contributed by atoms with E-state index in [1.165, 1.54) is 0 Å². The molecule has 0 aliphatic carbocycles. The predicted octanol–water partition coefficient (Wildman–Crippen LogP) is 2.32. The maximum atomic E-state index is 11.7. The van der Waals surface area contributed by atoms with E-state index < -0.39 is 0 Å². The summed E-state index contributed by atoms with van der Waals surface area (Å²) >= 11 is 0. The first-order valence-corrected chi connectivity index (χ1v) is 5.38. The lowest BCUT2D eigenvalue weighted by atomic mass is 10.2. The van der Waals surface area contributed by atoms with Crippen LogP contribution in [0, 0.1) is 0 Å². The Kier molecular flexibility index (Phi) is 3.18. The third-order valence-electron chi connectivity index (χ3n) is 2.64. The Hall–Kier alpha value is -1.57. The quantitative estimate of drug-likeness (QED) is 0.672. The van der Waals surface area contributed by atoms with E-state index in [2.05, 4.69) is 0 Å². The second-order valence-corrected chi connectivity index (χ2v) is 3.78. The van der Waals surface area contributed by atoms with Crippen LogP contribution < -0.4 is 0 Å². The van der Waals surface area contributed by atoms with Crippen molar-refractivity contribution < 1.29 is 4.79 Å². The molecule has 78 valence electrons. The third-order valence-corrected chi connectivity index (χ3v) is 2.64. The Labute approximate surface area is 90.2 Å². The molecular weight excluding hydrogens is 186 g/mol. The minimum Gasteiger partial charge on any atom is -0.339 e. The topological polar surface area (TPSA) is 20.3 Å². The fourth-order valence-electron chi connectivity index (χ4n) is 1.77. The largest absolute Gasteiger partial charge is 0.339 e. The molecule has 0 unspecified atom stereocenters. The van der Waals surface area contributed by atoms with E-state index in [0.717, 1.165) is 31.5 Å². The number of carbonyl (C=O) groups is 1. The maximum absolute atomic E-state index is 11.7. The third kappa shape index (κ3) is 2.69. The molecule has 0 radical (unpaired) electrons. The van der Waals surface area contributed by atoms with Gasteiger partial charge in [-0.15, -0.1) is 0 Å². The Morgan fingerprint density at radius 2 is 1.80 bits per heavy atom. The van der Waals surface area contributed by atoms with E-state index in [1.807, 2.05) is 41.3 Å². The van der Waals surface area contributed by atoms with Gasteiger partial charge in [0.15, 0.2) is 0 Å². The number of likely N-dealkylation sites (tertiary alicyclic amines) is 1. The highest BCUT2D eigenvalue weighted by molar-refractivity contribution is 5.91. The summed E-state index contributed by atoms with van der Waals surface area (Å²) in [4.78, 5) is 13.6. The molecule has 1 heterocycles. The van der Waals surface area contributed by atoms with Crippen molar-refractivity contribution in [2.45, 2.75) is 12.8 Å². The molecule has 1 saturated heterocycles. The van der Waals surface area contributed by atoms with E-state index in [9.17, 15) is 4.79 Å². The molecule has 1 amide bonds. The Morgan fingerprint density at radius 3 is 2.47 bits per heavy atom. The first kappa shape index (κ1) is 9.97. The number of rotatable bonds is 2.